The molecule has 1 atom stereocenters. The molecule has 98 valence electrons. The summed E-state index contributed by atoms with van der Waals surface area (Å²) in [5.41, 5.74) is 0.621. The summed E-state index contributed by atoms with van der Waals surface area (Å²) in [6.45, 7) is 1.03. The van der Waals surface area contributed by atoms with Crippen molar-refractivity contribution in [3.63, 3.8) is 0 Å². The average Bonchev–Trinajstić information content (AvgIpc) is 2.71. The predicted molar refractivity (Wildman–Crippen MR) is 63.0 cm³/mol. The number of carbonyl (C=O) groups excluding carboxylic acids is 1. The molecule has 1 fully saturated rings. The standard InChI is InChI=1S/C11H16N4O3/c16-10-8(3-1-2-4-12-10)13-5-7-6-14-15-9(7)11(17)18/h6,8,13H,1-5H2,(H,12,16)(H,14,15)(H,17,18). The lowest BCUT2D eigenvalue weighted by Crippen LogP contribution is -2.42. The monoisotopic (exact) mass is 252 g/mol. The first kappa shape index (κ1) is 12.6. The minimum Gasteiger partial charge on any atom is -0.477 e. The van der Waals surface area contributed by atoms with E-state index in [4.69, 9.17) is 5.11 Å². The summed E-state index contributed by atoms with van der Waals surface area (Å²) in [7, 11) is 0. The smallest absolute Gasteiger partial charge is 0.354 e. The van der Waals surface area contributed by atoms with E-state index in [0.717, 1.165) is 19.3 Å². The molecule has 0 spiro atoms. The Balaban J connectivity index is 1.95. The number of nitrogens with one attached hydrogen (secondary N) is 3. The van der Waals surface area contributed by atoms with E-state index in [1.807, 2.05) is 0 Å². The number of nitrogens with zero attached hydrogens (tertiary/aromatic N) is 1. The largest absolute Gasteiger partial charge is 0.477 e. The van der Waals surface area contributed by atoms with Gasteiger partial charge in [-0.05, 0) is 19.3 Å². The van der Waals surface area contributed by atoms with E-state index in [2.05, 4.69) is 20.8 Å². The quantitative estimate of drug-likeness (QED) is 0.597. The highest BCUT2D eigenvalue weighted by Crippen LogP contribution is 2.08. The molecular weight excluding hydrogens is 236 g/mol. The van der Waals surface area contributed by atoms with Gasteiger partial charge in [0.1, 0.15) is 5.69 Å². The van der Waals surface area contributed by atoms with Gasteiger partial charge in [-0.1, -0.05) is 0 Å². The van der Waals surface area contributed by atoms with Crippen molar-refractivity contribution in [3.8, 4) is 0 Å². The maximum absolute atomic E-state index is 11.7. The minimum atomic E-state index is -1.05. The van der Waals surface area contributed by atoms with Crippen LogP contribution in [0.2, 0.25) is 0 Å². The van der Waals surface area contributed by atoms with E-state index in [-0.39, 0.29) is 17.6 Å². The first-order valence-electron chi connectivity index (χ1n) is 5.95. The highest BCUT2D eigenvalue weighted by atomic mass is 16.4. The molecule has 1 amide bonds. The van der Waals surface area contributed by atoms with Crippen LogP contribution in [0.5, 0.6) is 0 Å². The number of aromatic carboxylic acids is 1. The second-order valence-corrected chi connectivity index (χ2v) is 4.30. The van der Waals surface area contributed by atoms with Gasteiger partial charge in [0.05, 0.1) is 12.2 Å². The van der Waals surface area contributed by atoms with Crippen molar-refractivity contribution in [3.05, 3.63) is 17.5 Å². The van der Waals surface area contributed by atoms with Gasteiger partial charge >= 0.3 is 5.97 Å². The molecule has 1 aliphatic heterocycles. The van der Waals surface area contributed by atoms with E-state index >= 15 is 0 Å². The van der Waals surface area contributed by atoms with Crippen LogP contribution in [0.4, 0.5) is 0 Å². The van der Waals surface area contributed by atoms with Gasteiger partial charge in [-0.15, -0.1) is 0 Å². The minimum absolute atomic E-state index is 0.0205. The number of aromatic amines is 1. The summed E-state index contributed by atoms with van der Waals surface area (Å²) in [6, 6.07) is -0.260. The van der Waals surface area contributed by atoms with Gasteiger partial charge in [-0.3, -0.25) is 9.89 Å². The molecule has 0 aliphatic carbocycles. The lowest BCUT2D eigenvalue weighted by atomic mass is 10.1. The molecular formula is C11H16N4O3. The Morgan fingerprint density at radius 2 is 2.39 bits per heavy atom. The van der Waals surface area contributed by atoms with Crippen LogP contribution in [0.3, 0.4) is 0 Å². The molecule has 1 aromatic heterocycles. The number of rotatable bonds is 4. The van der Waals surface area contributed by atoms with Crippen molar-refractivity contribution in [2.24, 2.45) is 0 Å². The fourth-order valence-electron chi connectivity index (χ4n) is 2.00. The molecule has 2 heterocycles. The lowest BCUT2D eigenvalue weighted by Gasteiger charge is -2.14. The summed E-state index contributed by atoms with van der Waals surface area (Å²) < 4.78 is 0. The SMILES string of the molecule is O=C(O)c1[nH]ncc1CNC1CCCCNC1=O. The summed E-state index contributed by atoms with van der Waals surface area (Å²) in [6.07, 6.45) is 4.20. The number of carbonyl (C=O) groups is 2. The highest BCUT2D eigenvalue weighted by molar-refractivity contribution is 5.87. The Morgan fingerprint density at radius 3 is 3.17 bits per heavy atom. The maximum atomic E-state index is 11.7. The van der Waals surface area contributed by atoms with Crippen LogP contribution in [0.15, 0.2) is 6.20 Å². The number of hydrogen-bond donors (Lipinski definition) is 4. The fourth-order valence-corrected chi connectivity index (χ4v) is 2.00. The van der Waals surface area contributed by atoms with Gasteiger partial charge in [0, 0.05) is 18.7 Å². The van der Waals surface area contributed by atoms with Gasteiger partial charge in [0.2, 0.25) is 5.91 Å². The average molecular weight is 252 g/mol. The Bertz CT molecular complexity index is 443. The molecule has 1 aromatic rings. The van der Waals surface area contributed by atoms with Crippen molar-refractivity contribution in [1.29, 1.82) is 0 Å². The third-order valence-electron chi connectivity index (χ3n) is 3.01. The van der Waals surface area contributed by atoms with Crippen molar-refractivity contribution in [2.75, 3.05) is 6.54 Å². The number of aromatic nitrogens is 2. The van der Waals surface area contributed by atoms with Gasteiger partial charge in [-0.2, -0.15) is 5.10 Å². The van der Waals surface area contributed by atoms with Crippen LogP contribution >= 0.6 is 0 Å². The lowest BCUT2D eigenvalue weighted by molar-refractivity contribution is -0.122. The Morgan fingerprint density at radius 1 is 1.56 bits per heavy atom. The zero-order chi connectivity index (χ0) is 13.0. The molecule has 4 N–H and O–H groups in total. The van der Waals surface area contributed by atoms with Crippen LogP contribution in [-0.4, -0.2) is 39.8 Å². The second-order valence-electron chi connectivity index (χ2n) is 4.30. The van der Waals surface area contributed by atoms with Crippen LogP contribution in [-0.2, 0) is 11.3 Å². The van der Waals surface area contributed by atoms with Crippen LogP contribution in [0, 0.1) is 0 Å². The van der Waals surface area contributed by atoms with Crippen LogP contribution in [0.25, 0.3) is 0 Å². The molecule has 0 bridgehead atoms. The maximum Gasteiger partial charge on any atom is 0.354 e. The van der Waals surface area contributed by atoms with Gasteiger partial charge in [0.15, 0.2) is 0 Å². The van der Waals surface area contributed by atoms with Crippen LogP contribution in [0.1, 0.15) is 35.3 Å². The summed E-state index contributed by atoms with van der Waals surface area (Å²) in [5.74, 6) is -1.07. The molecule has 1 aliphatic rings. The Labute approximate surface area is 104 Å². The number of carboxylic acids is 1. The predicted octanol–water partition coefficient (Wildman–Crippen LogP) is -0.134. The van der Waals surface area contributed by atoms with Crippen molar-refractivity contribution >= 4 is 11.9 Å². The molecule has 7 nitrogen and oxygen atoms in total. The highest BCUT2D eigenvalue weighted by Gasteiger charge is 2.21. The third-order valence-corrected chi connectivity index (χ3v) is 3.01. The van der Waals surface area contributed by atoms with Gasteiger partial charge in [-0.25, -0.2) is 4.79 Å². The zero-order valence-corrected chi connectivity index (χ0v) is 9.90. The van der Waals surface area contributed by atoms with E-state index in [1.54, 1.807) is 0 Å². The van der Waals surface area contributed by atoms with Crippen LogP contribution < -0.4 is 10.6 Å². The normalized spacial score (nSPS) is 20.2. The molecule has 1 saturated heterocycles. The first-order valence-corrected chi connectivity index (χ1v) is 5.95. The number of hydrogen-bond acceptors (Lipinski definition) is 4. The number of H-pyrrole nitrogens is 1. The summed E-state index contributed by atoms with van der Waals surface area (Å²) >= 11 is 0. The molecule has 1 unspecified atom stereocenters. The fraction of sp³-hybridized carbons (Fsp3) is 0.545. The molecule has 0 saturated carbocycles. The summed E-state index contributed by atoms with van der Waals surface area (Å²) in [5, 5.41) is 20.9. The van der Waals surface area contributed by atoms with E-state index in [0.29, 0.717) is 18.7 Å². The Kier molecular flexibility index (Phi) is 3.93. The molecule has 2 rings (SSSR count). The summed E-state index contributed by atoms with van der Waals surface area (Å²) in [4.78, 5) is 22.6. The number of amides is 1. The second kappa shape index (κ2) is 5.63. The first-order chi connectivity index (χ1) is 8.68. The van der Waals surface area contributed by atoms with Crippen molar-refractivity contribution in [1.82, 2.24) is 20.8 Å². The van der Waals surface area contributed by atoms with E-state index in [1.165, 1.54) is 6.20 Å². The van der Waals surface area contributed by atoms with Gasteiger partial charge in [0.25, 0.3) is 0 Å². The topological polar surface area (TPSA) is 107 Å². The van der Waals surface area contributed by atoms with Crippen molar-refractivity contribution in [2.45, 2.75) is 31.8 Å². The van der Waals surface area contributed by atoms with E-state index < -0.39 is 5.97 Å². The molecule has 18 heavy (non-hydrogen) atoms. The number of carboxylic acid groups (broad SMARTS) is 1. The van der Waals surface area contributed by atoms with Gasteiger partial charge < -0.3 is 15.7 Å². The van der Waals surface area contributed by atoms with E-state index in [9.17, 15) is 9.59 Å². The third kappa shape index (κ3) is 2.86. The molecule has 0 aromatic carbocycles. The van der Waals surface area contributed by atoms with Crippen molar-refractivity contribution < 1.29 is 14.7 Å². The molecule has 7 heteroatoms. The Hall–Kier alpha value is -1.89. The molecule has 0 radical (unpaired) electrons. The zero-order valence-electron chi connectivity index (χ0n) is 9.90.